The van der Waals surface area contributed by atoms with Crippen molar-refractivity contribution in [2.45, 2.75) is 31.1 Å². The number of amides is 1. The van der Waals surface area contributed by atoms with E-state index in [1.165, 1.54) is 11.8 Å². The number of H-pyrrole nitrogens is 1. The number of nitrogens with zero attached hydrogens (tertiary/aromatic N) is 4. The molecule has 3 heterocycles. The van der Waals surface area contributed by atoms with Crippen LogP contribution in [0.4, 0.5) is 0 Å². The molecule has 0 aliphatic carbocycles. The van der Waals surface area contributed by atoms with Crippen molar-refractivity contribution >= 4 is 17.7 Å². The van der Waals surface area contributed by atoms with Gasteiger partial charge in [-0.05, 0) is 18.6 Å². The van der Waals surface area contributed by atoms with Gasteiger partial charge in [0.25, 0.3) is 0 Å². The molecule has 24 heavy (non-hydrogen) atoms. The minimum absolute atomic E-state index is 0.0451. The third-order valence-corrected chi connectivity index (χ3v) is 4.25. The quantitative estimate of drug-likeness (QED) is 0.605. The lowest BCUT2D eigenvalue weighted by molar-refractivity contribution is -0.119. The standard InChI is InChI=1S/C15H18N6O2S/c1-2-11(8-21-6-5-16-10-21)17-13(22)9-24-15-18-14(19-20-15)12-4-3-7-23-12/h3-7,10-11H,2,8-9H2,1H3,(H,17,22)(H,18,19,20). The highest BCUT2D eigenvalue weighted by molar-refractivity contribution is 7.99. The van der Waals surface area contributed by atoms with Crippen LogP contribution in [0, 0.1) is 0 Å². The Labute approximate surface area is 143 Å². The smallest absolute Gasteiger partial charge is 0.230 e. The normalized spacial score (nSPS) is 12.2. The summed E-state index contributed by atoms with van der Waals surface area (Å²) in [7, 11) is 0. The highest BCUT2D eigenvalue weighted by atomic mass is 32.2. The highest BCUT2D eigenvalue weighted by Crippen LogP contribution is 2.19. The summed E-state index contributed by atoms with van der Waals surface area (Å²) in [4.78, 5) is 20.4. The van der Waals surface area contributed by atoms with Gasteiger partial charge in [-0.15, -0.1) is 5.10 Å². The summed E-state index contributed by atoms with van der Waals surface area (Å²) in [6, 6.07) is 3.64. The van der Waals surface area contributed by atoms with E-state index in [0.717, 1.165) is 6.42 Å². The maximum atomic E-state index is 12.1. The predicted molar refractivity (Wildman–Crippen MR) is 89.3 cm³/mol. The minimum Gasteiger partial charge on any atom is -0.461 e. The van der Waals surface area contributed by atoms with Crippen molar-refractivity contribution < 1.29 is 9.21 Å². The molecule has 3 aromatic rings. The van der Waals surface area contributed by atoms with Crippen LogP contribution >= 0.6 is 11.8 Å². The number of nitrogens with one attached hydrogen (secondary N) is 2. The topological polar surface area (TPSA) is 102 Å². The second kappa shape index (κ2) is 7.82. The number of aromatic amines is 1. The lowest BCUT2D eigenvalue weighted by Crippen LogP contribution is -2.38. The van der Waals surface area contributed by atoms with E-state index in [0.29, 0.717) is 23.3 Å². The van der Waals surface area contributed by atoms with Crippen LogP contribution in [0.15, 0.2) is 46.7 Å². The van der Waals surface area contributed by atoms with Crippen LogP contribution in [0.1, 0.15) is 13.3 Å². The van der Waals surface area contributed by atoms with Crippen molar-refractivity contribution in [2.75, 3.05) is 5.75 Å². The molecule has 0 saturated carbocycles. The van der Waals surface area contributed by atoms with Crippen LogP contribution in [0.3, 0.4) is 0 Å². The molecule has 0 bridgehead atoms. The molecule has 0 aromatic carbocycles. The molecule has 8 nitrogen and oxygen atoms in total. The van der Waals surface area contributed by atoms with Gasteiger partial charge in [-0.1, -0.05) is 18.7 Å². The van der Waals surface area contributed by atoms with Crippen LogP contribution in [0.5, 0.6) is 0 Å². The Morgan fingerprint density at radius 3 is 3.17 bits per heavy atom. The molecule has 3 rings (SSSR count). The van der Waals surface area contributed by atoms with Gasteiger partial charge in [0.15, 0.2) is 11.6 Å². The fourth-order valence-electron chi connectivity index (χ4n) is 2.16. The first-order valence-electron chi connectivity index (χ1n) is 7.58. The van der Waals surface area contributed by atoms with Crippen molar-refractivity contribution in [2.24, 2.45) is 0 Å². The van der Waals surface area contributed by atoms with Crippen molar-refractivity contribution in [1.29, 1.82) is 0 Å². The number of rotatable bonds is 8. The van der Waals surface area contributed by atoms with E-state index >= 15 is 0 Å². The Morgan fingerprint density at radius 1 is 1.54 bits per heavy atom. The van der Waals surface area contributed by atoms with E-state index in [-0.39, 0.29) is 17.7 Å². The summed E-state index contributed by atoms with van der Waals surface area (Å²) in [6.45, 7) is 2.75. The van der Waals surface area contributed by atoms with Gasteiger partial charge in [0.1, 0.15) is 0 Å². The van der Waals surface area contributed by atoms with Gasteiger partial charge in [0, 0.05) is 25.0 Å². The molecule has 0 spiro atoms. The van der Waals surface area contributed by atoms with Gasteiger partial charge in [-0.2, -0.15) is 4.98 Å². The number of hydrogen-bond donors (Lipinski definition) is 2. The van der Waals surface area contributed by atoms with E-state index < -0.39 is 0 Å². The molecule has 0 radical (unpaired) electrons. The zero-order chi connectivity index (χ0) is 16.8. The molecule has 1 unspecified atom stereocenters. The fourth-order valence-corrected chi connectivity index (χ4v) is 2.77. The van der Waals surface area contributed by atoms with Gasteiger partial charge < -0.3 is 14.3 Å². The van der Waals surface area contributed by atoms with Gasteiger partial charge in [-0.3, -0.25) is 9.89 Å². The Balaban J connectivity index is 1.48. The van der Waals surface area contributed by atoms with Gasteiger partial charge in [0.05, 0.1) is 18.3 Å². The largest absolute Gasteiger partial charge is 0.461 e. The first kappa shape index (κ1) is 16.3. The number of aromatic nitrogens is 5. The maximum absolute atomic E-state index is 12.1. The molecule has 0 aliphatic heterocycles. The number of carbonyl (C=O) groups excluding carboxylic acids is 1. The molecular weight excluding hydrogens is 328 g/mol. The molecule has 2 N–H and O–H groups in total. The molecule has 0 aliphatic rings. The second-order valence-corrected chi connectivity index (χ2v) is 6.11. The first-order valence-corrected chi connectivity index (χ1v) is 8.57. The molecule has 9 heteroatoms. The van der Waals surface area contributed by atoms with Crippen molar-refractivity contribution in [3.63, 3.8) is 0 Å². The van der Waals surface area contributed by atoms with Gasteiger partial charge >= 0.3 is 0 Å². The zero-order valence-electron chi connectivity index (χ0n) is 13.2. The average molecular weight is 346 g/mol. The Morgan fingerprint density at radius 2 is 2.46 bits per heavy atom. The Hall–Kier alpha value is -2.55. The lowest BCUT2D eigenvalue weighted by atomic mass is 10.2. The third kappa shape index (κ3) is 4.25. The van der Waals surface area contributed by atoms with E-state index in [1.807, 2.05) is 17.7 Å². The Bertz CT molecular complexity index is 753. The number of furan rings is 1. The third-order valence-electron chi connectivity index (χ3n) is 3.40. The number of imidazole rings is 1. The van der Waals surface area contributed by atoms with Crippen LogP contribution in [0.25, 0.3) is 11.6 Å². The Kier molecular flexibility index (Phi) is 5.32. The molecular formula is C15H18N6O2S. The lowest BCUT2D eigenvalue weighted by Gasteiger charge is -2.17. The van der Waals surface area contributed by atoms with Crippen LogP contribution in [-0.2, 0) is 11.3 Å². The SMILES string of the molecule is CCC(Cn1ccnc1)NC(=O)CSc1n[nH]c(-c2ccco2)n1. The van der Waals surface area contributed by atoms with Crippen molar-refractivity contribution in [3.05, 3.63) is 37.1 Å². The van der Waals surface area contributed by atoms with Crippen LogP contribution in [0.2, 0.25) is 0 Å². The van der Waals surface area contributed by atoms with E-state index in [9.17, 15) is 4.79 Å². The summed E-state index contributed by atoms with van der Waals surface area (Å²) in [5.41, 5.74) is 0. The van der Waals surface area contributed by atoms with Crippen LogP contribution in [-0.4, -0.2) is 42.4 Å². The summed E-state index contributed by atoms with van der Waals surface area (Å²) in [5.74, 6) is 1.38. The van der Waals surface area contributed by atoms with Crippen molar-refractivity contribution in [1.82, 2.24) is 30.0 Å². The second-order valence-electron chi connectivity index (χ2n) is 5.16. The van der Waals surface area contributed by atoms with E-state index in [4.69, 9.17) is 4.42 Å². The molecule has 0 fully saturated rings. The number of carbonyl (C=O) groups is 1. The molecule has 1 amide bonds. The van der Waals surface area contributed by atoms with Crippen molar-refractivity contribution in [3.8, 4) is 11.6 Å². The summed E-state index contributed by atoms with van der Waals surface area (Å²) < 4.78 is 7.20. The molecule has 0 saturated heterocycles. The van der Waals surface area contributed by atoms with Gasteiger partial charge in [-0.25, -0.2) is 4.98 Å². The highest BCUT2D eigenvalue weighted by Gasteiger charge is 2.13. The van der Waals surface area contributed by atoms with Crippen LogP contribution < -0.4 is 5.32 Å². The van der Waals surface area contributed by atoms with E-state index in [2.05, 4.69) is 25.5 Å². The molecule has 1 atom stereocenters. The average Bonchev–Trinajstić information content (AvgIpc) is 3.32. The summed E-state index contributed by atoms with van der Waals surface area (Å²) in [6.07, 6.45) is 7.77. The number of thioether (sulfide) groups is 1. The molecule has 3 aromatic heterocycles. The monoisotopic (exact) mass is 346 g/mol. The first-order chi connectivity index (χ1) is 11.7. The fraction of sp³-hybridized carbons (Fsp3) is 0.333. The predicted octanol–water partition coefficient (Wildman–Crippen LogP) is 1.95. The van der Waals surface area contributed by atoms with Gasteiger partial charge in [0.2, 0.25) is 11.1 Å². The summed E-state index contributed by atoms with van der Waals surface area (Å²) in [5, 5.41) is 10.4. The minimum atomic E-state index is -0.0451. The summed E-state index contributed by atoms with van der Waals surface area (Å²) >= 11 is 1.28. The number of hydrogen-bond acceptors (Lipinski definition) is 6. The van der Waals surface area contributed by atoms with E-state index in [1.54, 1.807) is 30.9 Å². The maximum Gasteiger partial charge on any atom is 0.230 e. The zero-order valence-corrected chi connectivity index (χ0v) is 14.0. The molecule has 126 valence electrons.